The van der Waals surface area contributed by atoms with Crippen molar-refractivity contribution in [2.75, 3.05) is 5.32 Å². The number of rotatable bonds is 3. The molecule has 0 aromatic carbocycles. The number of nitrogens with one attached hydrogen (secondary N) is 1. The van der Waals surface area contributed by atoms with Crippen LogP contribution in [0.1, 0.15) is 29.9 Å². The highest BCUT2D eigenvalue weighted by atomic mass is 16.3. The summed E-state index contributed by atoms with van der Waals surface area (Å²) >= 11 is 0. The van der Waals surface area contributed by atoms with Gasteiger partial charge in [0.15, 0.2) is 0 Å². The number of aryl methyl sites for hydroxylation is 2. The fraction of sp³-hybridized carbons (Fsp3) is 0.308. The zero-order chi connectivity index (χ0) is 11.5. The molecule has 0 spiro atoms. The standard InChI is InChI=1S/C13H16N2O/c1-9-4-5-13(11(3)14-9)15-10(2)12-6-7-16-8-12/h4-8,10,15H,1-3H3. The second-order valence-electron chi connectivity index (χ2n) is 4.01. The van der Waals surface area contributed by atoms with Crippen LogP contribution < -0.4 is 5.32 Å². The Bertz CT molecular complexity index is 463. The molecule has 16 heavy (non-hydrogen) atoms. The molecule has 0 amide bonds. The maximum Gasteiger partial charge on any atom is 0.0955 e. The van der Waals surface area contributed by atoms with Crippen molar-refractivity contribution in [3.63, 3.8) is 0 Å². The molecule has 0 aliphatic carbocycles. The lowest BCUT2D eigenvalue weighted by Gasteiger charge is -2.15. The van der Waals surface area contributed by atoms with Gasteiger partial charge in [-0.3, -0.25) is 4.98 Å². The minimum Gasteiger partial charge on any atom is -0.472 e. The van der Waals surface area contributed by atoms with E-state index in [1.807, 2.05) is 26.0 Å². The van der Waals surface area contributed by atoms with Crippen molar-refractivity contribution in [3.8, 4) is 0 Å². The van der Waals surface area contributed by atoms with E-state index in [4.69, 9.17) is 4.42 Å². The van der Waals surface area contributed by atoms with E-state index in [0.29, 0.717) is 0 Å². The van der Waals surface area contributed by atoms with E-state index in [-0.39, 0.29) is 6.04 Å². The lowest BCUT2D eigenvalue weighted by atomic mass is 10.1. The normalized spacial score (nSPS) is 12.4. The van der Waals surface area contributed by atoms with E-state index in [9.17, 15) is 0 Å². The van der Waals surface area contributed by atoms with Crippen LogP contribution in [0.4, 0.5) is 5.69 Å². The SMILES string of the molecule is Cc1ccc(NC(C)c2ccoc2)c(C)n1. The number of furan rings is 1. The quantitative estimate of drug-likeness (QED) is 0.853. The summed E-state index contributed by atoms with van der Waals surface area (Å²) in [6.45, 7) is 6.11. The summed E-state index contributed by atoms with van der Waals surface area (Å²) in [5.41, 5.74) is 4.27. The van der Waals surface area contributed by atoms with Crippen LogP contribution in [0.2, 0.25) is 0 Å². The number of pyridine rings is 1. The van der Waals surface area contributed by atoms with Crippen LogP contribution in [0.25, 0.3) is 0 Å². The molecule has 0 aliphatic heterocycles. The molecule has 0 saturated heterocycles. The first-order valence-corrected chi connectivity index (χ1v) is 5.39. The molecule has 2 rings (SSSR count). The van der Waals surface area contributed by atoms with Crippen molar-refractivity contribution in [3.05, 3.63) is 47.7 Å². The van der Waals surface area contributed by atoms with Gasteiger partial charge in [-0.05, 0) is 39.0 Å². The number of nitrogens with zero attached hydrogens (tertiary/aromatic N) is 1. The molecule has 0 fully saturated rings. The van der Waals surface area contributed by atoms with E-state index < -0.39 is 0 Å². The van der Waals surface area contributed by atoms with Gasteiger partial charge in [0.25, 0.3) is 0 Å². The minimum atomic E-state index is 0.224. The molecule has 3 heteroatoms. The summed E-state index contributed by atoms with van der Waals surface area (Å²) in [6, 6.07) is 6.27. The zero-order valence-electron chi connectivity index (χ0n) is 9.82. The minimum absolute atomic E-state index is 0.224. The highest BCUT2D eigenvalue weighted by molar-refractivity contribution is 5.49. The Balaban J connectivity index is 2.15. The number of hydrogen-bond acceptors (Lipinski definition) is 3. The predicted octanol–water partition coefficient (Wildman–Crippen LogP) is 3.46. The van der Waals surface area contributed by atoms with Crippen molar-refractivity contribution in [2.24, 2.45) is 0 Å². The molecule has 1 N–H and O–H groups in total. The van der Waals surface area contributed by atoms with Crippen LogP contribution in [0.15, 0.2) is 35.1 Å². The van der Waals surface area contributed by atoms with E-state index in [0.717, 1.165) is 22.6 Å². The lowest BCUT2D eigenvalue weighted by Crippen LogP contribution is -2.07. The van der Waals surface area contributed by atoms with Gasteiger partial charge in [-0.1, -0.05) is 0 Å². The molecule has 0 bridgehead atoms. The van der Waals surface area contributed by atoms with Crippen LogP contribution >= 0.6 is 0 Å². The molecule has 0 aliphatic rings. The van der Waals surface area contributed by atoms with E-state index in [1.165, 1.54) is 0 Å². The van der Waals surface area contributed by atoms with Gasteiger partial charge < -0.3 is 9.73 Å². The van der Waals surface area contributed by atoms with Crippen molar-refractivity contribution in [2.45, 2.75) is 26.8 Å². The number of hydrogen-bond donors (Lipinski definition) is 1. The summed E-state index contributed by atoms with van der Waals surface area (Å²) in [6.07, 6.45) is 3.45. The molecule has 0 saturated carbocycles. The maximum absolute atomic E-state index is 5.07. The Morgan fingerprint density at radius 1 is 1.25 bits per heavy atom. The topological polar surface area (TPSA) is 38.1 Å². The smallest absolute Gasteiger partial charge is 0.0955 e. The second-order valence-corrected chi connectivity index (χ2v) is 4.01. The van der Waals surface area contributed by atoms with Crippen LogP contribution in [0.5, 0.6) is 0 Å². The average molecular weight is 216 g/mol. The Morgan fingerprint density at radius 3 is 2.69 bits per heavy atom. The molecular weight excluding hydrogens is 200 g/mol. The third-order valence-corrected chi connectivity index (χ3v) is 2.64. The van der Waals surface area contributed by atoms with Gasteiger partial charge in [-0.25, -0.2) is 0 Å². The van der Waals surface area contributed by atoms with Gasteiger partial charge in [0, 0.05) is 11.3 Å². The Labute approximate surface area is 95.5 Å². The van der Waals surface area contributed by atoms with Gasteiger partial charge in [0.05, 0.1) is 29.9 Å². The molecule has 3 nitrogen and oxygen atoms in total. The average Bonchev–Trinajstić information content (AvgIpc) is 2.75. The van der Waals surface area contributed by atoms with Gasteiger partial charge in [-0.15, -0.1) is 0 Å². The van der Waals surface area contributed by atoms with Crippen molar-refractivity contribution in [1.29, 1.82) is 0 Å². The van der Waals surface area contributed by atoms with Crippen molar-refractivity contribution in [1.82, 2.24) is 4.98 Å². The molecular formula is C13H16N2O. The molecule has 84 valence electrons. The van der Waals surface area contributed by atoms with Crippen LogP contribution in [-0.2, 0) is 0 Å². The predicted molar refractivity (Wildman–Crippen MR) is 64.5 cm³/mol. The Morgan fingerprint density at radius 2 is 2.06 bits per heavy atom. The first kappa shape index (κ1) is 10.7. The zero-order valence-corrected chi connectivity index (χ0v) is 9.82. The monoisotopic (exact) mass is 216 g/mol. The second kappa shape index (κ2) is 4.39. The molecule has 2 heterocycles. The highest BCUT2D eigenvalue weighted by Gasteiger charge is 2.08. The highest BCUT2D eigenvalue weighted by Crippen LogP contribution is 2.21. The Hall–Kier alpha value is -1.77. The summed E-state index contributed by atoms with van der Waals surface area (Å²) in [4.78, 5) is 4.42. The van der Waals surface area contributed by atoms with Crippen molar-refractivity contribution >= 4 is 5.69 Å². The third-order valence-electron chi connectivity index (χ3n) is 2.64. The summed E-state index contributed by atoms with van der Waals surface area (Å²) < 4.78 is 5.07. The van der Waals surface area contributed by atoms with E-state index in [2.05, 4.69) is 23.3 Å². The number of anilines is 1. The molecule has 1 unspecified atom stereocenters. The fourth-order valence-electron chi connectivity index (χ4n) is 1.68. The van der Waals surface area contributed by atoms with Crippen LogP contribution in [-0.4, -0.2) is 4.98 Å². The summed E-state index contributed by atoms with van der Waals surface area (Å²) in [5, 5.41) is 3.42. The fourth-order valence-corrected chi connectivity index (χ4v) is 1.68. The molecule has 2 aromatic heterocycles. The number of aromatic nitrogens is 1. The van der Waals surface area contributed by atoms with Crippen LogP contribution in [0, 0.1) is 13.8 Å². The van der Waals surface area contributed by atoms with Gasteiger partial charge in [0.2, 0.25) is 0 Å². The van der Waals surface area contributed by atoms with E-state index >= 15 is 0 Å². The molecule has 0 radical (unpaired) electrons. The van der Waals surface area contributed by atoms with Gasteiger partial charge >= 0.3 is 0 Å². The van der Waals surface area contributed by atoms with Gasteiger partial charge in [0.1, 0.15) is 0 Å². The summed E-state index contributed by atoms with van der Waals surface area (Å²) in [5.74, 6) is 0. The van der Waals surface area contributed by atoms with Crippen molar-refractivity contribution < 1.29 is 4.42 Å². The van der Waals surface area contributed by atoms with E-state index in [1.54, 1.807) is 12.5 Å². The first-order chi connectivity index (χ1) is 7.66. The molecule has 2 aromatic rings. The largest absolute Gasteiger partial charge is 0.472 e. The third kappa shape index (κ3) is 2.24. The Kier molecular flexibility index (Phi) is 2.95. The first-order valence-electron chi connectivity index (χ1n) is 5.39. The molecule has 1 atom stereocenters. The maximum atomic E-state index is 5.07. The van der Waals surface area contributed by atoms with Crippen LogP contribution in [0.3, 0.4) is 0 Å². The van der Waals surface area contributed by atoms with Gasteiger partial charge in [-0.2, -0.15) is 0 Å². The summed E-state index contributed by atoms with van der Waals surface area (Å²) in [7, 11) is 0. The lowest BCUT2D eigenvalue weighted by molar-refractivity contribution is 0.562.